The molecule has 3 aromatic rings. The molecule has 132 valence electrons. The second-order valence-corrected chi connectivity index (χ2v) is 6.50. The number of rotatable bonds is 3. The number of carbonyl (C=O) groups is 2. The van der Waals surface area contributed by atoms with Gasteiger partial charge in [-0.15, -0.1) is 0 Å². The number of hydrogen-bond donors (Lipinski definition) is 3. The third kappa shape index (κ3) is 2.64. The Kier molecular flexibility index (Phi) is 3.97. The highest BCUT2D eigenvalue weighted by Crippen LogP contribution is 2.32. The van der Waals surface area contributed by atoms with Crippen molar-refractivity contribution in [3.63, 3.8) is 0 Å². The highest BCUT2D eigenvalue weighted by atomic mass is 16.5. The number of quaternary nitrogens is 1. The van der Waals surface area contributed by atoms with Gasteiger partial charge in [0, 0.05) is 22.9 Å². The molecule has 2 unspecified atom stereocenters. The maximum atomic E-state index is 11.7. The van der Waals surface area contributed by atoms with Crippen LogP contribution in [0.2, 0.25) is 0 Å². The molecule has 0 fully saturated rings. The first-order valence-corrected chi connectivity index (χ1v) is 8.44. The molecular weight excluding hydrogens is 332 g/mol. The number of para-hydroxylation sites is 1. The van der Waals surface area contributed by atoms with Gasteiger partial charge in [-0.05, 0) is 23.8 Å². The van der Waals surface area contributed by atoms with Crippen LogP contribution in [0.4, 0.5) is 0 Å². The molecule has 2 aromatic carbocycles. The molecule has 0 saturated heterocycles. The number of ether oxygens (including phenoxy) is 1. The number of aromatic amines is 1. The zero-order chi connectivity index (χ0) is 18.3. The van der Waals surface area contributed by atoms with Crippen LogP contribution in [-0.4, -0.2) is 35.2 Å². The smallest absolute Gasteiger partial charge is 0.362 e. The van der Waals surface area contributed by atoms with Crippen LogP contribution in [0.15, 0.2) is 48.5 Å². The molecule has 0 saturated carbocycles. The average molecular weight is 351 g/mol. The Morgan fingerprint density at radius 2 is 1.88 bits per heavy atom. The van der Waals surface area contributed by atoms with Crippen LogP contribution in [-0.2, 0) is 16.0 Å². The van der Waals surface area contributed by atoms with Gasteiger partial charge in [0.15, 0.2) is 12.1 Å². The van der Waals surface area contributed by atoms with Crippen molar-refractivity contribution < 1.29 is 24.7 Å². The van der Waals surface area contributed by atoms with E-state index < -0.39 is 12.0 Å². The molecule has 2 atom stereocenters. The minimum absolute atomic E-state index is 0.168. The zero-order valence-electron chi connectivity index (χ0n) is 14.2. The number of nitrogens with one attached hydrogen (secondary N) is 1. The number of fused-ring (bicyclic) bond motifs is 3. The van der Waals surface area contributed by atoms with Crippen molar-refractivity contribution >= 4 is 22.8 Å². The number of hydrogen-bond acceptors (Lipinski definition) is 3. The van der Waals surface area contributed by atoms with Gasteiger partial charge in [-0.3, -0.25) is 0 Å². The molecule has 6 heteroatoms. The van der Waals surface area contributed by atoms with Crippen LogP contribution in [0.1, 0.15) is 33.2 Å². The third-order valence-electron chi connectivity index (χ3n) is 5.01. The molecule has 1 aliphatic heterocycles. The van der Waals surface area contributed by atoms with Crippen molar-refractivity contribution in [1.82, 2.24) is 4.98 Å². The molecule has 0 radical (unpaired) electrons. The number of carboxylic acids is 1. The van der Waals surface area contributed by atoms with Crippen LogP contribution in [0.25, 0.3) is 10.9 Å². The normalized spacial score (nSPS) is 19.1. The highest BCUT2D eigenvalue weighted by molar-refractivity contribution is 5.89. The van der Waals surface area contributed by atoms with Crippen molar-refractivity contribution in [2.24, 2.45) is 0 Å². The lowest BCUT2D eigenvalue weighted by atomic mass is 9.90. The zero-order valence-corrected chi connectivity index (χ0v) is 14.2. The summed E-state index contributed by atoms with van der Waals surface area (Å²) in [5.41, 5.74) is 4.50. The Balaban J connectivity index is 1.80. The molecule has 0 aliphatic carbocycles. The lowest BCUT2D eigenvalue weighted by Gasteiger charge is -2.26. The van der Waals surface area contributed by atoms with E-state index in [1.165, 1.54) is 7.11 Å². The summed E-state index contributed by atoms with van der Waals surface area (Å²) in [6.07, 6.45) is 0.478. The van der Waals surface area contributed by atoms with E-state index >= 15 is 0 Å². The summed E-state index contributed by atoms with van der Waals surface area (Å²) < 4.78 is 4.74. The second kappa shape index (κ2) is 6.31. The van der Waals surface area contributed by atoms with Crippen molar-refractivity contribution in [1.29, 1.82) is 0 Å². The van der Waals surface area contributed by atoms with Crippen LogP contribution in [0, 0.1) is 0 Å². The predicted molar refractivity (Wildman–Crippen MR) is 95.0 cm³/mol. The van der Waals surface area contributed by atoms with E-state index in [0.29, 0.717) is 12.0 Å². The molecule has 26 heavy (non-hydrogen) atoms. The fourth-order valence-electron chi connectivity index (χ4n) is 3.71. The standard InChI is InChI=1S/C20H18N2O4/c1-26-20(25)12-8-6-11(7-9-12)17-18-14(10-16(22-17)19(23)24)13-4-2-3-5-15(13)21-18/h2-9,16-17,21-22H,10H2,1H3,(H,23,24)/p+1. The fourth-order valence-corrected chi connectivity index (χ4v) is 3.71. The Labute approximate surface area is 149 Å². The van der Waals surface area contributed by atoms with Crippen LogP contribution in [0.3, 0.4) is 0 Å². The summed E-state index contributed by atoms with van der Waals surface area (Å²) in [7, 11) is 1.35. The van der Waals surface area contributed by atoms with Gasteiger partial charge in [-0.25, -0.2) is 9.59 Å². The van der Waals surface area contributed by atoms with Crippen LogP contribution >= 0.6 is 0 Å². The number of carbonyl (C=O) groups excluding carboxylic acids is 1. The Bertz CT molecular complexity index is 991. The number of methoxy groups -OCH3 is 1. The molecule has 4 N–H and O–H groups in total. The monoisotopic (exact) mass is 351 g/mol. The molecule has 6 nitrogen and oxygen atoms in total. The minimum Gasteiger partial charge on any atom is -0.477 e. The quantitative estimate of drug-likeness (QED) is 0.625. The summed E-state index contributed by atoms with van der Waals surface area (Å²) in [5.74, 6) is -1.21. The number of benzene rings is 2. The molecule has 1 aromatic heterocycles. The van der Waals surface area contributed by atoms with Crippen molar-refractivity contribution in [2.45, 2.75) is 18.5 Å². The molecule has 0 bridgehead atoms. The number of aromatic nitrogens is 1. The van der Waals surface area contributed by atoms with Gasteiger partial charge in [0.1, 0.15) is 0 Å². The first-order valence-electron chi connectivity index (χ1n) is 8.44. The number of carboxylic acid groups (broad SMARTS) is 1. The highest BCUT2D eigenvalue weighted by Gasteiger charge is 2.37. The molecular formula is C20H19N2O4+. The van der Waals surface area contributed by atoms with E-state index in [1.54, 1.807) is 12.1 Å². The molecule has 2 heterocycles. The summed E-state index contributed by atoms with van der Waals surface area (Å²) in [4.78, 5) is 26.8. The first kappa shape index (κ1) is 16.4. The van der Waals surface area contributed by atoms with Crippen molar-refractivity contribution in [3.8, 4) is 0 Å². The average Bonchev–Trinajstić information content (AvgIpc) is 3.05. The topological polar surface area (TPSA) is 96.0 Å². The Morgan fingerprint density at radius 1 is 1.15 bits per heavy atom. The van der Waals surface area contributed by atoms with Crippen molar-refractivity contribution in [3.05, 3.63) is 70.9 Å². The van der Waals surface area contributed by atoms with E-state index in [9.17, 15) is 14.7 Å². The SMILES string of the molecule is COC(=O)c1ccc(C2[NH2+]C(C(=O)O)Cc3c2[nH]c2ccccc32)cc1. The lowest BCUT2D eigenvalue weighted by molar-refractivity contribution is -0.712. The largest absolute Gasteiger partial charge is 0.477 e. The van der Waals surface area contributed by atoms with Gasteiger partial charge in [0.05, 0.1) is 18.4 Å². The van der Waals surface area contributed by atoms with Crippen LogP contribution < -0.4 is 5.32 Å². The molecule has 0 spiro atoms. The number of esters is 1. The van der Waals surface area contributed by atoms with Gasteiger partial charge in [-0.1, -0.05) is 30.3 Å². The molecule has 0 amide bonds. The maximum absolute atomic E-state index is 11.7. The number of aliphatic carboxylic acids is 1. The van der Waals surface area contributed by atoms with Gasteiger partial charge in [0.2, 0.25) is 0 Å². The third-order valence-corrected chi connectivity index (χ3v) is 5.01. The van der Waals surface area contributed by atoms with E-state index in [2.05, 4.69) is 4.98 Å². The summed E-state index contributed by atoms with van der Waals surface area (Å²) in [5, 5.41) is 12.5. The predicted octanol–water partition coefficient (Wildman–Crippen LogP) is 1.62. The summed E-state index contributed by atoms with van der Waals surface area (Å²) >= 11 is 0. The number of nitrogens with two attached hydrogens (primary N) is 1. The minimum atomic E-state index is -0.822. The van der Waals surface area contributed by atoms with Gasteiger partial charge in [-0.2, -0.15) is 0 Å². The van der Waals surface area contributed by atoms with E-state index in [1.807, 2.05) is 41.7 Å². The van der Waals surface area contributed by atoms with Crippen molar-refractivity contribution in [2.75, 3.05) is 7.11 Å². The lowest BCUT2D eigenvalue weighted by Crippen LogP contribution is -2.94. The van der Waals surface area contributed by atoms with Gasteiger partial charge >= 0.3 is 11.9 Å². The van der Waals surface area contributed by atoms with Gasteiger partial charge in [0.25, 0.3) is 0 Å². The van der Waals surface area contributed by atoms with E-state index in [4.69, 9.17) is 4.74 Å². The maximum Gasteiger partial charge on any atom is 0.362 e. The second-order valence-electron chi connectivity index (χ2n) is 6.50. The van der Waals surface area contributed by atoms with E-state index in [-0.39, 0.29) is 12.0 Å². The van der Waals surface area contributed by atoms with E-state index in [0.717, 1.165) is 27.7 Å². The Morgan fingerprint density at radius 3 is 2.58 bits per heavy atom. The molecule has 4 rings (SSSR count). The fraction of sp³-hybridized carbons (Fsp3) is 0.200. The molecule has 1 aliphatic rings. The summed E-state index contributed by atoms with van der Waals surface area (Å²) in [6, 6.07) is 14.4. The Hall–Kier alpha value is -3.12. The first-order chi connectivity index (χ1) is 12.6. The number of H-pyrrole nitrogens is 1. The summed E-state index contributed by atoms with van der Waals surface area (Å²) in [6.45, 7) is 0. The van der Waals surface area contributed by atoms with Gasteiger partial charge < -0.3 is 20.1 Å². The van der Waals surface area contributed by atoms with Crippen LogP contribution in [0.5, 0.6) is 0 Å².